The van der Waals surface area contributed by atoms with Gasteiger partial charge >= 0.3 is 0 Å². The Morgan fingerprint density at radius 1 is 1.29 bits per heavy atom. The van der Waals surface area contributed by atoms with Gasteiger partial charge in [-0.15, -0.1) is 0 Å². The summed E-state index contributed by atoms with van der Waals surface area (Å²) in [5.74, 6) is 0. The predicted molar refractivity (Wildman–Crippen MR) is 63.7 cm³/mol. The van der Waals surface area contributed by atoms with Gasteiger partial charge < -0.3 is 10.1 Å². The van der Waals surface area contributed by atoms with Gasteiger partial charge in [0, 0.05) is 23.8 Å². The van der Waals surface area contributed by atoms with Crippen LogP contribution >= 0.6 is 15.9 Å². The molecule has 0 amide bonds. The number of rotatable bonds is 4. The van der Waals surface area contributed by atoms with E-state index in [4.69, 9.17) is 4.74 Å². The molecule has 1 aromatic carbocycles. The van der Waals surface area contributed by atoms with E-state index in [-0.39, 0.29) is 5.60 Å². The van der Waals surface area contributed by atoms with Gasteiger partial charge in [-0.1, -0.05) is 15.9 Å². The van der Waals surface area contributed by atoms with Crippen molar-refractivity contribution in [1.82, 2.24) is 0 Å². The number of ether oxygens (including phenoxy) is 1. The van der Waals surface area contributed by atoms with Gasteiger partial charge in [-0.2, -0.15) is 0 Å². The third kappa shape index (κ3) is 3.68. The number of hydrogen-bond acceptors (Lipinski definition) is 2. The third-order valence-corrected chi connectivity index (χ3v) is 2.64. The normalized spacial score (nSPS) is 11.4. The molecule has 1 rings (SSSR count). The summed E-state index contributed by atoms with van der Waals surface area (Å²) < 4.78 is 6.40. The summed E-state index contributed by atoms with van der Waals surface area (Å²) in [4.78, 5) is 0. The van der Waals surface area contributed by atoms with Crippen LogP contribution < -0.4 is 5.32 Å². The lowest BCUT2D eigenvalue weighted by Crippen LogP contribution is -2.31. The molecule has 0 saturated heterocycles. The van der Waals surface area contributed by atoms with Crippen LogP contribution in [0.3, 0.4) is 0 Å². The lowest BCUT2D eigenvalue weighted by atomic mass is 10.1. The molecule has 0 aromatic heterocycles. The van der Waals surface area contributed by atoms with E-state index in [1.807, 2.05) is 24.3 Å². The largest absolute Gasteiger partial charge is 0.382 e. The van der Waals surface area contributed by atoms with Crippen molar-refractivity contribution in [3.8, 4) is 0 Å². The number of anilines is 1. The van der Waals surface area contributed by atoms with Crippen LogP contribution in [0.25, 0.3) is 0 Å². The summed E-state index contributed by atoms with van der Waals surface area (Å²) in [6, 6.07) is 8.11. The molecule has 0 spiro atoms. The maximum Gasteiger partial charge on any atom is 0.0794 e. The van der Waals surface area contributed by atoms with Gasteiger partial charge in [0.25, 0.3) is 0 Å². The first-order valence-electron chi connectivity index (χ1n) is 4.58. The molecule has 2 nitrogen and oxygen atoms in total. The van der Waals surface area contributed by atoms with Crippen molar-refractivity contribution in [1.29, 1.82) is 0 Å². The second-order valence-electron chi connectivity index (χ2n) is 3.82. The van der Waals surface area contributed by atoms with E-state index < -0.39 is 0 Å². The summed E-state index contributed by atoms with van der Waals surface area (Å²) in [6.07, 6.45) is 0. The Balaban J connectivity index is 2.50. The zero-order valence-corrected chi connectivity index (χ0v) is 10.4. The molecule has 0 atom stereocenters. The molecule has 0 fully saturated rings. The summed E-state index contributed by atoms with van der Waals surface area (Å²) in [5, 5.41) is 3.32. The lowest BCUT2D eigenvalue weighted by Gasteiger charge is -2.23. The summed E-state index contributed by atoms with van der Waals surface area (Å²) in [7, 11) is 1.73. The van der Waals surface area contributed by atoms with E-state index in [0.717, 1.165) is 16.7 Å². The first-order chi connectivity index (χ1) is 6.53. The topological polar surface area (TPSA) is 21.3 Å². The molecule has 0 radical (unpaired) electrons. The molecule has 0 aliphatic heterocycles. The predicted octanol–water partition coefficient (Wildman–Crippen LogP) is 3.29. The minimum Gasteiger partial charge on any atom is -0.382 e. The highest BCUT2D eigenvalue weighted by atomic mass is 79.9. The van der Waals surface area contributed by atoms with Gasteiger partial charge in [0.2, 0.25) is 0 Å². The standard InChI is InChI=1S/C11H16BrNO/c1-11(2,14-3)8-13-10-6-4-9(12)5-7-10/h4-7,13H,8H2,1-3H3. The highest BCUT2D eigenvalue weighted by Crippen LogP contribution is 2.15. The van der Waals surface area contributed by atoms with Crippen LogP contribution in [-0.2, 0) is 4.74 Å². The fourth-order valence-corrected chi connectivity index (χ4v) is 1.22. The van der Waals surface area contributed by atoms with E-state index >= 15 is 0 Å². The zero-order chi connectivity index (χ0) is 10.6. The molecule has 0 unspecified atom stereocenters. The van der Waals surface area contributed by atoms with Crippen LogP contribution in [0.4, 0.5) is 5.69 Å². The molecule has 1 aromatic rings. The fourth-order valence-electron chi connectivity index (χ4n) is 0.955. The van der Waals surface area contributed by atoms with Crippen molar-refractivity contribution in [3.63, 3.8) is 0 Å². The molecule has 1 N–H and O–H groups in total. The van der Waals surface area contributed by atoms with E-state index in [0.29, 0.717) is 0 Å². The number of nitrogens with one attached hydrogen (secondary N) is 1. The zero-order valence-electron chi connectivity index (χ0n) is 8.80. The van der Waals surface area contributed by atoms with Crippen LogP contribution in [0.2, 0.25) is 0 Å². The monoisotopic (exact) mass is 257 g/mol. The molecule has 0 aliphatic rings. The minimum atomic E-state index is -0.132. The van der Waals surface area contributed by atoms with Gasteiger partial charge in [0.1, 0.15) is 0 Å². The van der Waals surface area contributed by atoms with Crippen molar-refractivity contribution in [3.05, 3.63) is 28.7 Å². The van der Waals surface area contributed by atoms with Gasteiger partial charge in [0.05, 0.1) is 5.60 Å². The van der Waals surface area contributed by atoms with Gasteiger partial charge in [0.15, 0.2) is 0 Å². The summed E-state index contributed by atoms with van der Waals surface area (Å²) in [6.45, 7) is 4.91. The minimum absolute atomic E-state index is 0.132. The smallest absolute Gasteiger partial charge is 0.0794 e. The Hall–Kier alpha value is -0.540. The third-order valence-electron chi connectivity index (χ3n) is 2.12. The van der Waals surface area contributed by atoms with E-state index in [2.05, 4.69) is 35.1 Å². The van der Waals surface area contributed by atoms with Crippen molar-refractivity contribution in [2.75, 3.05) is 19.0 Å². The lowest BCUT2D eigenvalue weighted by molar-refractivity contribution is 0.0344. The van der Waals surface area contributed by atoms with Gasteiger partial charge in [-0.05, 0) is 38.1 Å². The highest BCUT2D eigenvalue weighted by molar-refractivity contribution is 9.10. The van der Waals surface area contributed by atoms with Crippen LogP contribution in [0.15, 0.2) is 28.7 Å². The maximum atomic E-state index is 5.31. The van der Waals surface area contributed by atoms with E-state index in [1.165, 1.54) is 0 Å². The fraction of sp³-hybridized carbons (Fsp3) is 0.455. The summed E-state index contributed by atoms with van der Waals surface area (Å²) >= 11 is 3.40. The molecule has 0 heterocycles. The average molecular weight is 258 g/mol. The van der Waals surface area contributed by atoms with Crippen LogP contribution in [0.1, 0.15) is 13.8 Å². The van der Waals surface area contributed by atoms with Crippen molar-refractivity contribution in [2.45, 2.75) is 19.4 Å². The molecular formula is C11H16BrNO. The number of hydrogen-bond donors (Lipinski definition) is 1. The first kappa shape index (κ1) is 11.5. The Kier molecular flexibility index (Phi) is 3.96. The molecule has 0 aliphatic carbocycles. The van der Waals surface area contributed by atoms with Crippen molar-refractivity contribution in [2.24, 2.45) is 0 Å². The molecular weight excluding hydrogens is 242 g/mol. The Bertz CT molecular complexity index is 282. The van der Waals surface area contributed by atoms with Crippen LogP contribution in [-0.4, -0.2) is 19.3 Å². The first-order valence-corrected chi connectivity index (χ1v) is 5.37. The second kappa shape index (κ2) is 4.80. The molecule has 14 heavy (non-hydrogen) atoms. The highest BCUT2D eigenvalue weighted by Gasteiger charge is 2.15. The Labute approximate surface area is 93.8 Å². The molecule has 78 valence electrons. The molecule has 0 saturated carbocycles. The maximum absolute atomic E-state index is 5.31. The van der Waals surface area contributed by atoms with Gasteiger partial charge in [-0.25, -0.2) is 0 Å². The van der Waals surface area contributed by atoms with E-state index in [1.54, 1.807) is 7.11 Å². The molecule has 3 heteroatoms. The van der Waals surface area contributed by atoms with Crippen molar-refractivity contribution < 1.29 is 4.74 Å². The number of halogens is 1. The number of methoxy groups -OCH3 is 1. The van der Waals surface area contributed by atoms with E-state index in [9.17, 15) is 0 Å². The second-order valence-corrected chi connectivity index (χ2v) is 4.74. The van der Waals surface area contributed by atoms with Crippen LogP contribution in [0, 0.1) is 0 Å². The van der Waals surface area contributed by atoms with Gasteiger partial charge in [-0.3, -0.25) is 0 Å². The van der Waals surface area contributed by atoms with Crippen molar-refractivity contribution >= 4 is 21.6 Å². The summed E-state index contributed by atoms with van der Waals surface area (Å²) in [5.41, 5.74) is 0.978. The number of benzene rings is 1. The Morgan fingerprint density at radius 2 is 1.86 bits per heavy atom. The average Bonchev–Trinajstić information content (AvgIpc) is 2.17. The molecule has 0 bridgehead atoms. The Morgan fingerprint density at radius 3 is 2.36 bits per heavy atom. The van der Waals surface area contributed by atoms with Crippen LogP contribution in [0.5, 0.6) is 0 Å². The SMILES string of the molecule is COC(C)(C)CNc1ccc(Br)cc1. The quantitative estimate of drug-likeness (QED) is 0.894.